The number of aromatic amines is 1. The summed E-state index contributed by atoms with van der Waals surface area (Å²) >= 11 is 0. The molecule has 0 aliphatic carbocycles. The highest BCUT2D eigenvalue weighted by Crippen LogP contribution is 2.18. The monoisotopic (exact) mass is 256 g/mol. The molecule has 0 bridgehead atoms. The maximum atomic E-state index is 12.2. The molecule has 0 saturated carbocycles. The van der Waals surface area contributed by atoms with E-state index in [0.717, 1.165) is 30.8 Å². The van der Waals surface area contributed by atoms with Crippen LogP contribution in [0, 0.1) is 0 Å². The summed E-state index contributed by atoms with van der Waals surface area (Å²) in [6.45, 7) is 2.25. The molecule has 0 unspecified atom stereocenters. The second kappa shape index (κ2) is 5.24. The van der Waals surface area contributed by atoms with Crippen molar-refractivity contribution < 1.29 is 4.79 Å². The Kier molecular flexibility index (Phi) is 3.29. The lowest BCUT2D eigenvalue weighted by atomic mass is 9.95. The van der Waals surface area contributed by atoms with E-state index in [1.165, 1.54) is 11.1 Å². The number of amides is 1. The molecule has 19 heavy (non-hydrogen) atoms. The number of nitrogens with one attached hydrogen (secondary N) is 3. The number of imidazole rings is 1. The molecule has 1 aliphatic rings. The number of H-pyrrole nitrogens is 1. The second-order valence-electron chi connectivity index (χ2n) is 4.63. The minimum Gasteiger partial charge on any atom is -0.347 e. The molecule has 5 heteroatoms. The van der Waals surface area contributed by atoms with Gasteiger partial charge in [-0.1, -0.05) is 12.1 Å². The van der Waals surface area contributed by atoms with Gasteiger partial charge in [-0.25, -0.2) is 4.98 Å². The van der Waals surface area contributed by atoms with Crippen molar-refractivity contribution in [3.8, 4) is 0 Å². The van der Waals surface area contributed by atoms with Gasteiger partial charge in [-0.2, -0.15) is 0 Å². The van der Waals surface area contributed by atoms with Gasteiger partial charge in [-0.3, -0.25) is 4.79 Å². The van der Waals surface area contributed by atoms with E-state index in [1.807, 2.05) is 12.1 Å². The number of benzene rings is 1. The third-order valence-electron chi connectivity index (χ3n) is 3.38. The normalized spacial score (nSPS) is 13.9. The zero-order valence-electron chi connectivity index (χ0n) is 10.6. The van der Waals surface area contributed by atoms with E-state index < -0.39 is 0 Å². The first-order valence-corrected chi connectivity index (χ1v) is 6.41. The van der Waals surface area contributed by atoms with Crippen molar-refractivity contribution in [2.45, 2.75) is 19.5 Å². The van der Waals surface area contributed by atoms with Crippen molar-refractivity contribution in [1.82, 2.24) is 20.6 Å². The summed E-state index contributed by atoms with van der Waals surface area (Å²) in [6.07, 6.45) is 4.23. The average molecular weight is 256 g/mol. The van der Waals surface area contributed by atoms with Gasteiger partial charge in [0.05, 0.1) is 18.6 Å². The van der Waals surface area contributed by atoms with Gasteiger partial charge in [0, 0.05) is 18.3 Å². The minimum atomic E-state index is -0.0200. The lowest BCUT2D eigenvalue weighted by molar-refractivity contribution is 0.0949. The van der Waals surface area contributed by atoms with Crippen LogP contribution in [0.2, 0.25) is 0 Å². The molecule has 3 rings (SSSR count). The molecule has 0 spiro atoms. The Labute approximate surface area is 111 Å². The number of hydrogen-bond donors (Lipinski definition) is 3. The Morgan fingerprint density at radius 2 is 2.37 bits per heavy atom. The van der Waals surface area contributed by atoms with Crippen LogP contribution in [0.4, 0.5) is 0 Å². The van der Waals surface area contributed by atoms with Gasteiger partial charge in [0.15, 0.2) is 0 Å². The van der Waals surface area contributed by atoms with Crippen molar-refractivity contribution in [3.63, 3.8) is 0 Å². The number of nitrogens with zero attached hydrogens (tertiary/aromatic N) is 1. The Balaban J connectivity index is 1.76. The topological polar surface area (TPSA) is 69.8 Å². The highest BCUT2D eigenvalue weighted by molar-refractivity contribution is 5.96. The molecule has 1 amide bonds. The van der Waals surface area contributed by atoms with Crippen LogP contribution in [0.15, 0.2) is 30.7 Å². The molecule has 0 saturated heterocycles. The molecule has 0 fully saturated rings. The van der Waals surface area contributed by atoms with Gasteiger partial charge in [0.25, 0.3) is 5.91 Å². The maximum absolute atomic E-state index is 12.2. The first-order valence-electron chi connectivity index (χ1n) is 6.41. The standard InChI is InChI=1S/C14H16N4O/c19-14(17-8-11-7-16-9-18-11)13-3-1-2-10-6-15-5-4-12(10)13/h1-3,7,9,15H,4-6,8H2,(H,16,18)(H,17,19). The van der Waals surface area contributed by atoms with E-state index in [9.17, 15) is 4.79 Å². The molecule has 1 aromatic heterocycles. The first-order chi connectivity index (χ1) is 9.34. The quantitative estimate of drug-likeness (QED) is 0.767. The smallest absolute Gasteiger partial charge is 0.251 e. The molecule has 0 atom stereocenters. The Hall–Kier alpha value is -2.14. The van der Waals surface area contributed by atoms with E-state index in [-0.39, 0.29) is 5.91 Å². The van der Waals surface area contributed by atoms with Crippen molar-refractivity contribution in [1.29, 1.82) is 0 Å². The molecule has 3 N–H and O–H groups in total. The summed E-state index contributed by atoms with van der Waals surface area (Å²) in [5.74, 6) is -0.0200. The third kappa shape index (κ3) is 2.51. The van der Waals surface area contributed by atoms with Crippen LogP contribution in [0.3, 0.4) is 0 Å². The Morgan fingerprint density at radius 3 is 3.21 bits per heavy atom. The molecule has 0 radical (unpaired) electrons. The van der Waals surface area contributed by atoms with E-state index in [4.69, 9.17) is 0 Å². The summed E-state index contributed by atoms with van der Waals surface area (Å²) in [6, 6.07) is 5.91. The third-order valence-corrected chi connectivity index (χ3v) is 3.38. The highest BCUT2D eigenvalue weighted by atomic mass is 16.1. The molecule has 1 aliphatic heterocycles. The predicted octanol–water partition coefficient (Wildman–Crippen LogP) is 0.985. The number of hydrogen-bond acceptors (Lipinski definition) is 3. The van der Waals surface area contributed by atoms with Crippen LogP contribution in [-0.4, -0.2) is 22.4 Å². The Morgan fingerprint density at radius 1 is 1.42 bits per heavy atom. The van der Waals surface area contributed by atoms with Gasteiger partial charge in [0.1, 0.15) is 0 Å². The summed E-state index contributed by atoms with van der Waals surface area (Å²) in [5.41, 5.74) is 4.09. The van der Waals surface area contributed by atoms with E-state index >= 15 is 0 Å². The molecule has 2 heterocycles. The SMILES string of the molecule is O=C(NCc1cnc[nH]1)c1cccc2c1CCNC2. The first kappa shape index (κ1) is 11.9. The van der Waals surface area contributed by atoms with Crippen LogP contribution in [-0.2, 0) is 19.5 Å². The van der Waals surface area contributed by atoms with Crippen LogP contribution in [0.25, 0.3) is 0 Å². The van der Waals surface area contributed by atoms with Gasteiger partial charge in [0.2, 0.25) is 0 Å². The maximum Gasteiger partial charge on any atom is 0.251 e. The van der Waals surface area contributed by atoms with E-state index in [0.29, 0.717) is 6.54 Å². The predicted molar refractivity (Wildman–Crippen MR) is 71.6 cm³/mol. The van der Waals surface area contributed by atoms with Crippen molar-refractivity contribution in [2.75, 3.05) is 6.54 Å². The number of rotatable bonds is 3. The van der Waals surface area contributed by atoms with E-state index in [1.54, 1.807) is 12.5 Å². The second-order valence-corrected chi connectivity index (χ2v) is 4.63. The zero-order valence-corrected chi connectivity index (χ0v) is 10.6. The van der Waals surface area contributed by atoms with Gasteiger partial charge >= 0.3 is 0 Å². The van der Waals surface area contributed by atoms with Crippen molar-refractivity contribution >= 4 is 5.91 Å². The number of carbonyl (C=O) groups is 1. The van der Waals surface area contributed by atoms with Crippen molar-refractivity contribution in [2.24, 2.45) is 0 Å². The lowest BCUT2D eigenvalue weighted by Gasteiger charge is -2.19. The molecule has 98 valence electrons. The molecular formula is C14H16N4O. The fourth-order valence-corrected chi connectivity index (χ4v) is 2.40. The molecular weight excluding hydrogens is 240 g/mol. The molecule has 5 nitrogen and oxygen atoms in total. The van der Waals surface area contributed by atoms with Crippen LogP contribution >= 0.6 is 0 Å². The Bertz CT molecular complexity index is 577. The van der Waals surface area contributed by atoms with Crippen LogP contribution in [0.1, 0.15) is 27.2 Å². The number of aromatic nitrogens is 2. The lowest BCUT2D eigenvalue weighted by Crippen LogP contribution is -2.29. The average Bonchev–Trinajstić information content (AvgIpc) is 2.97. The van der Waals surface area contributed by atoms with Crippen LogP contribution < -0.4 is 10.6 Å². The van der Waals surface area contributed by atoms with Gasteiger partial charge in [-0.15, -0.1) is 0 Å². The van der Waals surface area contributed by atoms with Gasteiger partial charge < -0.3 is 15.6 Å². The van der Waals surface area contributed by atoms with Crippen molar-refractivity contribution in [3.05, 3.63) is 53.1 Å². The number of fused-ring (bicyclic) bond motifs is 1. The molecule has 1 aromatic carbocycles. The minimum absolute atomic E-state index is 0.0200. The summed E-state index contributed by atoms with van der Waals surface area (Å²) in [5, 5.41) is 6.24. The number of carbonyl (C=O) groups excluding carboxylic acids is 1. The largest absolute Gasteiger partial charge is 0.347 e. The summed E-state index contributed by atoms with van der Waals surface area (Å²) in [4.78, 5) is 19.1. The van der Waals surface area contributed by atoms with Gasteiger partial charge in [-0.05, 0) is 30.2 Å². The fourth-order valence-electron chi connectivity index (χ4n) is 2.40. The zero-order chi connectivity index (χ0) is 13.1. The summed E-state index contributed by atoms with van der Waals surface area (Å²) in [7, 11) is 0. The van der Waals surface area contributed by atoms with Crippen LogP contribution in [0.5, 0.6) is 0 Å². The highest BCUT2D eigenvalue weighted by Gasteiger charge is 2.16. The fraction of sp³-hybridized carbons (Fsp3) is 0.286. The van der Waals surface area contributed by atoms with E-state index in [2.05, 4.69) is 26.7 Å². The molecule has 2 aromatic rings. The summed E-state index contributed by atoms with van der Waals surface area (Å²) < 4.78 is 0.